The predicted molar refractivity (Wildman–Crippen MR) is 96.2 cm³/mol. The van der Waals surface area contributed by atoms with E-state index in [2.05, 4.69) is 5.10 Å². The maximum Gasteiger partial charge on any atom is 0.326 e. The molecule has 1 aromatic carbocycles. The first-order valence-corrected chi connectivity index (χ1v) is 8.24. The fourth-order valence-electron chi connectivity index (χ4n) is 3.02. The van der Waals surface area contributed by atoms with Gasteiger partial charge in [0.05, 0.1) is 18.0 Å². The van der Waals surface area contributed by atoms with Gasteiger partial charge in [0.15, 0.2) is 0 Å². The third kappa shape index (κ3) is 3.07. The number of hydrogen-bond donors (Lipinski definition) is 0. The van der Waals surface area contributed by atoms with Crippen molar-refractivity contribution in [3.8, 4) is 5.69 Å². The molecule has 0 aliphatic heterocycles. The highest BCUT2D eigenvalue weighted by Crippen LogP contribution is 2.24. The van der Waals surface area contributed by atoms with Crippen LogP contribution in [0.1, 0.15) is 23.7 Å². The molecule has 0 bridgehead atoms. The van der Waals surface area contributed by atoms with Gasteiger partial charge in [0.1, 0.15) is 12.2 Å². The fraction of sp³-hybridized carbons (Fsp3) is 0.316. The van der Waals surface area contributed by atoms with Crippen molar-refractivity contribution in [3.05, 3.63) is 57.5 Å². The van der Waals surface area contributed by atoms with E-state index in [0.717, 1.165) is 27.9 Å². The predicted octanol–water partition coefficient (Wildman–Crippen LogP) is 2.68. The van der Waals surface area contributed by atoms with Crippen LogP contribution in [0.3, 0.4) is 0 Å². The van der Waals surface area contributed by atoms with Crippen LogP contribution in [0.15, 0.2) is 35.1 Å². The summed E-state index contributed by atoms with van der Waals surface area (Å²) in [5.74, 6) is -0.441. The standard InChI is InChI=1S/C19H21N3O3/c1-5-25-17(24)11-21-16(23)10-13(3)18-14(4)20-22(19(18)21)15-8-6-12(2)7-9-15/h6-10H,5,11H2,1-4H3. The number of pyridine rings is 1. The zero-order chi connectivity index (χ0) is 18.1. The minimum Gasteiger partial charge on any atom is -0.465 e. The molecule has 0 fully saturated rings. The Bertz CT molecular complexity index is 997. The van der Waals surface area contributed by atoms with Gasteiger partial charge < -0.3 is 4.74 Å². The fourth-order valence-corrected chi connectivity index (χ4v) is 3.02. The summed E-state index contributed by atoms with van der Waals surface area (Å²) < 4.78 is 8.17. The van der Waals surface area contributed by atoms with Crippen molar-refractivity contribution in [1.29, 1.82) is 0 Å². The Hall–Kier alpha value is -2.89. The Balaban J connectivity index is 2.29. The molecule has 6 nitrogen and oxygen atoms in total. The Labute approximate surface area is 145 Å². The highest BCUT2D eigenvalue weighted by molar-refractivity contribution is 5.84. The van der Waals surface area contributed by atoms with Gasteiger partial charge in [-0.05, 0) is 45.4 Å². The molecule has 25 heavy (non-hydrogen) atoms. The number of hydrogen-bond acceptors (Lipinski definition) is 4. The number of nitrogens with zero attached hydrogens (tertiary/aromatic N) is 3. The van der Waals surface area contributed by atoms with Crippen LogP contribution in [-0.4, -0.2) is 26.9 Å². The van der Waals surface area contributed by atoms with E-state index in [1.807, 2.05) is 45.0 Å². The molecule has 0 radical (unpaired) electrons. The lowest BCUT2D eigenvalue weighted by atomic mass is 10.1. The number of aryl methyl sites for hydroxylation is 3. The quantitative estimate of drug-likeness (QED) is 0.686. The summed E-state index contributed by atoms with van der Waals surface area (Å²) in [6.45, 7) is 7.67. The number of benzene rings is 1. The second-order valence-electron chi connectivity index (χ2n) is 6.09. The molecule has 130 valence electrons. The van der Waals surface area contributed by atoms with Crippen molar-refractivity contribution >= 4 is 17.0 Å². The molecule has 2 aromatic heterocycles. The first-order chi connectivity index (χ1) is 11.9. The average molecular weight is 339 g/mol. The van der Waals surface area contributed by atoms with Crippen molar-refractivity contribution in [2.45, 2.75) is 34.2 Å². The van der Waals surface area contributed by atoms with Crippen LogP contribution in [0.4, 0.5) is 0 Å². The molecule has 6 heteroatoms. The second kappa shape index (κ2) is 6.55. The van der Waals surface area contributed by atoms with E-state index in [0.29, 0.717) is 5.65 Å². The van der Waals surface area contributed by atoms with Crippen molar-refractivity contribution in [3.63, 3.8) is 0 Å². The van der Waals surface area contributed by atoms with E-state index in [9.17, 15) is 9.59 Å². The first-order valence-electron chi connectivity index (χ1n) is 8.24. The van der Waals surface area contributed by atoms with Crippen molar-refractivity contribution in [1.82, 2.24) is 14.3 Å². The molecule has 0 aliphatic rings. The minimum absolute atomic E-state index is 0.138. The van der Waals surface area contributed by atoms with Gasteiger partial charge in [-0.25, -0.2) is 4.68 Å². The van der Waals surface area contributed by atoms with Crippen molar-refractivity contribution in [2.24, 2.45) is 0 Å². The van der Waals surface area contributed by atoms with Gasteiger partial charge in [0.2, 0.25) is 0 Å². The van der Waals surface area contributed by atoms with Gasteiger partial charge >= 0.3 is 5.97 Å². The summed E-state index contributed by atoms with van der Waals surface area (Å²) in [6, 6.07) is 9.41. The maximum absolute atomic E-state index is 12.6. The number of aromatic nitrogens is 3. The molecule has 0 saturated heterocycles. The van der Waals surface area contributed by atoms with Crippen LogP contribution < -0.4 is 5.56 Å². The molecule has 0 saturated carbocycles. The van der Waals surface area contributed by atoms with Crippen LogP contribution in [0, 0.1) is 20.8 Å². The van der Waals surface area contributed by atoms with E-state index >= 15 is 0 Å². The molecule has 3 rings (SSSR count). The van der Waals surface area contributed by atoms with Crippen LogP contribution in [0.5, 0.6) is 0 Å². The highest BCUT2D eigenvalue weighted by atomic mass is 16.5. The van der Waals surface area contributed by atoms with E-state index in [-0.39, 0.29) is 18.7 Å². The van der Waals surface area contributed by atoms with Crippen molar-refractivity contribution < 1.29 is 9.53 Å². The maximum atomic E-state index is 12.6. The molecule has 0 aliphatic carbocycles. The summed E-state index contributed by atoms with van der Waals surface area (Å²) in [5.41, 5.74) is 4.00. The van der Waals surface area contributed by atoms with Crippen LogP contribution in [-0.2, 0) is 16.1 Å². The second-order valence-corrected chi connectivity index (χ2v) is 6.09. The van der Waals surface area contributed by atoms with Gasteiger partial charge in [-0.2, -0.15) is 5.10 Å². The van der Waals surface area contributed by atoms with Gasteiger partial charge in [-0.1, -0.05) is 17.7 Å². The Morgan fingerprint density at radius 1 is 1.16 bits per heavy atom. The number of carbonyl (C=O) groups excluding carboxylic acids is 1. The van der Waals surface area contributed by atoms with Gasteiger partial charge in [-0.3, -0.25) is 14.2 Å². The lowest BCUT2D eigenvalue weighted by molar-refractivity contribution is -0.143. The van der Waals surface area contributed by atoms with E-state index in [1.165, 1.54) is 10.6 Å². The van der Waals surface area contributed by atoms with E-state index < -0.39 is 5.97 Å². The monoisotopic (exact) mass is 339 g/mol. The first kappa shape index (κ1) is 17.0. The normalized spacial score (nSPS) is 11.0. The minimum atomic E-state index is -0.441. The van der Waals surface area contributed by atoms with E-state index in [1.54, 1.807) is 11.6 Å². The van der Waals surface area contributed by atoms with Gasteiger partial charge in [-0.15, -0.1) is 0 Å². The summed E-state index contributed by atoms with van der Waals surface area (Å²) in [7, 11) is 0. The summed E-state index contributed by atoms with van der Waals surface area (Å²) in [4.78, 5) is 24.5. The van der Waals surface area contributed by atoms with Gasteiger partial charge in [0.25, 0.3) is 5.56 Å². The molecular weight excluding hydrogens is 318 g/mol. The zero-order valence-corrected chi connectivity index (χ0v) is 14.9. The smallest absolute Gasteiger partial charge is 0.326 e. The molecule has 0 amide bonds. The Morgan fingerprint density at radius 3 is 2.48 bits per heavy atom. The molecule has 0 spiro atoms. The summed E-state index contributed by atoms with van der Waals surface area (Å²) in [5, 5.41) is 5.49. The number of rotatable bonds is 4. The van der Waals surface area contributed by atoms with Crippen LogP contribution >= 0.6 is 0 Å². The number of carbonyl (C=O) groups is 1. The Kier molecular flexibility index (Phi) is 4.44. The largest absolute Gasteiger partial charge is 0.465 e. The molecule has 3 aromatic rings. The lowest BCUT2D eigenvalue weighted by Crippen LogP contribution is -2.26. The zero-order valence-electron chi connectivity index (χ0n) is 14.9. The topological polar surface area (TPSA) is 66.1 Å². The van der Waals surface area contributed by atoms with Gasteiger partial charge in [0, 0.05) is 11.5 Å². The van der Waals surface area contributed by atoms with E-state index in [4.69, 9.17) is 4.74 Å². The molecule has 0 N–H and O–H groups in total. The average Bonchev–Trinajstić information content (AvgIpc) is 2.90. The SMILES string of the molecule is CCOC(=O)Cn1c(=O)cc(C)c2c(C)nn(-c3ccc(C)cc3)c21. The number of esters is 1. The third-order valence-electron chi connectivity index (χ3n) is 4.16. The Morgan fingerprint density at radius 2 is 1.84 bits per heavy atom. The molecule has 0 atom stereocenters. The molecule has 2 heterocycles. The number of ether oxygens (including phenoxy) is 1. The molecular formula is C19H21N3O3. The van der Waals surface area contributed by atoms with Crippen LogP contribution in [0.25, 0.3) is 16.7 Å². The van der Waals surface area contributed by atoms with Crippen molar-refractivity contribution in [2.75, 3.05) is 6.61 Å². The number of fused-ring (bicyclic) bond motifs is 1. The van der Waals surface area contributed by atoms with Crippen LogP contribution in [0.2, 0.25) is 0 Å². The third-order valence-corrected chi connectivity index (χ3v) is 4.16. The summed E-state index contributed by atoms with van der Waals surface area (Å²) in [6.07, 6.45) is 0. The lowest BCUT2D eigenvalue weighted by Gasteiger charge is -2.12. The summed E-state index contributed by atoms with van der Waals surface area (Å²) >= 11 is 0. The highest BCUT2D eigenvalue weighted by Gasteiger charge is 2.18. The molecule has 0 unspecified atom stereocenters.